The maximum Gasteiger partial charge on any atom is 0.311 e. The van der Waals surface area contributed by atoms with Crippen LogP contribution < -0.4 is 14.9 Å². The normalized spacial score (nSPS) is 10.6. The van der Waals surface area contributed by atoms with Gasteiger partial charge in [0, 0.05) is 11.6 Å². The number of nitrogens with one attached hydrogen (secondary N) is 1. The molecule has 0 heterocycles. The first-order chi connectivity index (χ1) is 15.0. The summed E-state index contributed by atoms with van der Waals surface area (Å²) in [6.45, 7) is -0.247. The first kappa shape index (κ1) is 22.0. The number of ether oxygens (including phenoxy) is 2. The van der Waals surface area contributed by atoms with Crippen LogP contribution in [0.1, 0.15) is 5.56 Å². The Labute approximate surface area is 186 Å². The molecule has 0 saturated carbocycles. The third-order valence-electron chi connectivity index (χ3n) is 4.20. The molecule has 0 aromatic heterocycles. The molecule has 0 aliphatic carbocycles. The van der Waals surface area contributed by atoms with Gasteiger partial charge in [-0.2, -0.15) is 5.10 Å². The van der Waals surface area contributed by atoms with Gasteiger partial charge in [0.2, 0.25) is 0 Å². The summed E-state index contributed by atoms with van der Waals surface area (Å²) in [5.74, 6) is 0.186. The highest BCUT2D eigenvalue weighted by Crippen LogP contribution is 2.30. The summed E-state index contributed by atoms with van der Waals surface area (Å²) < 4.78 is 11.2. The molecule has 9 heteroatoms. The first-order valence-electron chi connectivity index (χ1n) is 9.10. The van der Waals surface area contributed by atoms with Gasteiger partial charge in [0.1, 0.15) is 5.75 Å². The first-order valence-corrected chi connectivity index (χ1v) is 9.89. The number of methoxy groups -OCH3 is 1. The predicted octanol–water partition coefficient (Wildman–Crippen LogP) is 4.56. The summed E-state index contributed by atoms with van der Waals surface area (Å²) in [5.41, 5.74) is 4.66. The topological polar surface area (TPSA) is 103 Å². The second kappa shape index (κ2) is 10.4. The van der Waals surface area contributed by atoms with Crippen molar-refractivity contribution in [3.05, 3.63) is 86.9 Å². The number of benzene rings is 3. The lowest BCUT2D eigenvalue weighted by molar-refractivity contribution is -0.385. The minimum atomic E-state index is -0.552. The Morgan fingerprint density at radius 3 is 2.52 bits per heavy atom. The fraction of sp³-hybridized carbons (Fsp3) is 0.0909. The molecule has 0 aliphatic rings. The number of carbonyl (C=O) groups is 1. The van der Waals surface area contributed by atoms with Crippen LogP contribution in [0.25, 0.3) is 11.1 Å². The van der Waals surface area contributed by atoms with E-state index in [2.05, 4.69) is 26.5 Å². The van der Waals surface area contributed by atoms with Crippen molar-refractivity contribution in [2.45, 2.75) is 0 Å². The third kappa shape index (κ3) is 5.89. The van der Waals surface area contributed by atoms with Crippen molar-refractivity contribution in [1.82, 2.24) is 5.43 Å². The van der Waals surface area contributed by atoms with Crippen LogP contribution in [-0.2, 0) is 4.79 Å². The van der Waals surface area contributed by atoms with E-state index in [0.717, 1.165) is 15.6 Å². The van der Waals surface area contributed by atoms with E-state index in [1.54, 1.807) is 12.1 Å². The number of amides is 1. The van der Waals surface area contributed by atoms with Crippen LogP contribution in [0.3, 0.4) is 0 Å². The van der Waals surface area contributed by atoms with Crippen LogP contribution in [0.2, 0.25) is 0 Å². The molecule has 0 fully saturated rings. The number of nitro benzene ring substituents is 1. The van der Waals surface area contributed by atoms with Crippen molar-refractivity contribution in [2.24, 2.45) is 5.10 Å². The molecule has 0 saturated heterocycles. The Morgan fingerprint density at radius 2 is 1.84 bits per heavy atom. The molecule has 3 rings (SSSR count). The fourth-order valence-corrected chi connectivity index (χ4v) is 3.21. The maximum absolute atomic E-state index is 12.0. The average molecular weight is 484 g/mol. The van der Waals surface area contributed by atoms with Crippen LogP contribution >= 0.6 is 15.9 Å². The summed E-state index contributed by atoms with van der Waals surface area (Å²) >= 11 is 3.46. The molecule has 3 aromatic rings. The molecule has 8 nitrogen and oxygen atoms in total. The number of halogens is 1. The summed E-state index contributed by atoms with van der Waals surface area (Å²) in [4.78, 5) is 22.5. The van der Waals surface area contributed by atoms with Crippen molar-refractivity contribution in [1.29, 1.82) is 0 Å². The van der Waals surface area contributed by atoms with Gasteiger partial charge in [-0.05, 0) is 51.3 Å². The molecule has 0 unspecified atom stereocenters. The van der Waals surface area contributed by atoms with Gasteiger partial charge in [-0.3, -0.25) is 14.9 Å². The maximum atomic E-state index is 12.0. The van der Waals surface area contributed by atoms with Crippen molar-refractivity contribution in [3.8, 4) is 22.6 Å². The number of nitrogens with zero attached hydrogens (tertiary/aromatic N) is 2. The monoisotopic (exact) mass is 483 g/mol. The lowest BCUT2D eigenvalue weighted by Gasteiger charge is -2.09. The number of carbonyl (C=O) groups excluding carboxylic acids is 1. The number of hydrogen-bond donors (Lipinski definition) is 1. The molecule has 31 heavy (non-hydrogen) atoms. The highest BCUT2D eigenvalue weighted by atomic mass is 79.9. The predicted molar refractivity (Wildman–Crippen MR) is 120 cm³/mol. The van der Waals surface area contributed by atoms with Gasteiger partial charge in [0.25, 0.3) is 5.91 Å². The standard InChI is InChI=1S/C22H18BrN3O5/c1-30-21-9-7-15(11-19(21)26(28)29)13-24-25-22(27)14-31-20-10-8-17(12-18(20)23)16-5-3-2-4-6-16/h2-13H,14H2,1H3,(H,25,27)/b24-13+. The van der Waals surface area contributed by atoms with E-state index < -0.39 is 10.8 Å². The molecule has 0 atom stereocenters. The molecule has 158 valence electrons. The molecule has 0 spiro atoms. The smallest absolute Gasteiger partial charge is 0.311 e. The Hall–Kier alpha value is -3.72. The zero-order chi connectivity index (χ0) is 22.2. The van der Waals surface area contributed by atoms with E-state index in [4.69, 9.17) is 9.47 Å². The summed E-state index contributed by atoms with van der Waals surface area (Å²) in [6, 6.07) is 19.8. The molecule has 1 N–H and O–H groups in total. The molecule has 0 radical (unpaired) electrons. The van der Waals surface area contributed by atoms with Crippen molar-refractivity contribution < 1.29 is 19.2 Å². The van der Waals surface area contributed by atoms with E-state index in [0.29, 0.717) is 11.3 Å². The Balaban J connectivity index is 1.56. The third-order valence-corrected chi connectivity index (χ3v) is 4.82. The summed E-state index contributed by atoms with van der Waals surface area (Å²) in [6.07, 6.45) is 1.30. The van der Waals surface area contributed by atoms with Gasteiger partial charge in [-0.25, -0.2) is 5.43 Å². The van der Waals surface area contributed by atoms with Crippen LogP contribution in [0, 0.1) is 10.1 Å². The number of hydrogen-bond acceptors (Lipinski definition) is 6. The van der Waals surface area contributed by atoms with Gasteiger partial charge >= 0.3 is 5.69 Å². The molecule has 1 amide bonds. The second-order valence-electron chi connectivity index (χ2n) is 6.28. The largest absolute Gasteiger partial charge is 0.490 e. The van der Waals surface area contributed by atoms with Crippen LogP contribution in [0.5, 0.6) is 11.5 Å². The van der Waals surface area contributed by atoms with E-state index >= 15 is 0 Å². The summed E-state index contributed by atoms with van der Waals surface area (Å²) in [5, 5.41) is 14.9. The zero-order valence-corrected chi connectivity index (χ0v) is 18.0. The van der Waals surface area contributed by atoms with E-state index in [-0.39, 0.29) is 18.0 Å². The Morgan fingerprint density at radius 1 is 1.10 bits per heavy atom. The molecule has 0 bridgehead atoms. The minimum absolute atomic E-state index is 0.142. The van der Waals surface area contributed by atoms with Crippen molar-refractivity contribution in [3.63, 3.8) is 0 Å². The fourth-order valence-electron chi connectivity index (χ4n) is 2.71. The lowest BCUT2D eigenvalue weighted by Crippen LogP contribution is -2.24. The lowest BCUT2D eigenvalue weighted by atomic mass is 10.1. The Bertz CT molecular complexity index is 1120. The van der Waals surface area contributed by atoms with E-state index in [1.807, 2.05) is 42.5 Å². The molecular weight excluding hydrogens is 466 g/mol. The SMILES string of the molecule is COc1ccc(/C=N/NC(=O)COc2ccc(-c3ccccc3)cc2Br)cc1[N+](=O)[O-]. The van der Waals surface area contributed by atoms with Gasteiger partial charge < -0.3 is 9.47 Å². The van der Waals surface area contributed by atoms with Crippen LogP contribution in [0.15, 0.2) is 76.3 Å². The van der Waals surface area contributed by atoms with Gasteiger partial charge in [-0.15, -0.1) is 0 Å². The Kier molecular flexibility index (Phi) is 7.34. The van der Waals surface area contributed by atoms with Crippen LogP contribution in [0.4, 0.5) is 5.69 Å². The average Bonchev–Trinajstić information content (AvgIpc) is 2.78. The number of nitro groups is 1. The van der Waals surface area contributed by atoms with Gasteiger partial charge in [0.05, 0.1) is 22.7 Å². The van der Waals surface area contributed by atoms with E-state index in [1.165, 1.54) is 25.5 Å². The van der Waals surface area contributed by atoms with Crippen LogP contribution in [-0.4, -0.2) is 30.8 Å². The van der Waals surface area contributed by atoms with Gasteiger partial charge in [-0.1, -0.05) is 36.4 Å². The quantitative estimate of drug-likeness (QED) is 0.287. The van der Waals surface area contributed by atoms with Gasteiger partial charge in [0.15, 0.2) is 12.4 Å². The number of hydrazone groups is 1. The van der Waals surface area contributed by atoms with Crippen molar-refractivity contribution >= 4 is 33.7 Å². The summed E-state index contributed by atoms with van der Waals surface area (Å²) in [7, 11) is 1.35. The molecule has 0 aliphatic heterocycles. The zero-order valence-electron chi connectivity index (χ0n) is 16.4. The highest BCUT2D eigenvalue weighted by Gasteiger charge is 2.14. The highest BCUT2D eigenvalue weighted by molar-refractivity contribution is 9.10. The molecular formula is C22H18BrN3O5. The minimum Gasteiger partial charge on any atom is -0.490 e. The molecule has 3 aromatic carbocycles. The van der Waals surface area contributed by atoms with E-state index in [9.17, 15) is 14.9 Å². The van der Waals surface area contributed by atoms with Crippen molar-refractivity contribution in [2.75, 3.05) is 13.7 Å². The number of rotatable bonds is 8. The second-order valence-corrected chi connectivity index (χ2v) is 7.14.